The van der Waals surface area contributed by atoms with Crippen molar-refractivity contribution in [2.75, 3.05) is 11.9 Å². The van der Waals surface area contributed by atoms with Gasteiger partial charge < -0.3 is 15.1 Å². The van der Waals surface area contributed by atoms with E-state index >= 15 is 0 Å². The molecule has 0 spiro atoms. The molecule has 7 heteroatoms. The number of rotatable bonds is 5. The smallest absolute Gasteiger partial charge is 0.268 e. The van der Waals surface area contributed by atoms with Gasteiger partial charge in [0.05, 0.1) is 11.1 Å². The minimum Gasteiger partial charge on any atom is -0.345 e. The van der Waals surface area contributed by atoms with E-state index in [-0.39, 0.29) is 11.1 Å². The summed E-state index contributed by atoms with van der Waals surface area (Å²) in [5.41, 5.74) is 5.03. The average Bonchev–Trinajstić information content (AvgIpc) is 3.25. The molecule has 2 aromatic carbocycles. The van der Waals surface area contributed by atoms with Gasteiger partial charge in [0.25, 0.3) is 11.1 Å². The summed E-state index contributed by atoms with van der Waals surface area (Å²) in [6.07, 6.45) is 0. The number of aromatic nitrogens is 4. The summed E-state index contributed by atoms with van der Waals surface area (Å²) in [7, 11) is 2.00. The largest absolute Gasteiger partial charge is 0.345 e. The van der Waals surface area contributed by atoms with Crippen molar-refractivity contribution in [2.45, 2.75) is 19.8 Å². The van der Waals surface area contributed by atoms with Crippen molar-refractivity contribution in [1.29, 1.82) is 0 Å². The van der Waals surface area contributed by atoms with E-state index < -0.39 is 5.92 Å². The lowest BCUT2D eigenvalue weighted by atomic mass is 9.85. The van der Waals surface area contributed by atoms with Crippen molar-refractivity contribution in [2.24, 2.45) is 0 Å². The second-order valence-electron chi connectivity index (χ2n) is 7.15. The van der Waals surface area contributed by atoms with Crippen LogP contribution < -0.4 is 16.0 Å². The lowest BCUT2D eigenvalue weighted by Crippen LogP contribution is -2.20. The first-order chi connectivity index (χ1) is 14.0. The third-order valence-corrected chi connectivity index (χ3v) is 5.36. The molecule has 148 valence electrons. The molecule has 0 aliphatic rings. The Balaban J connectivity index is 1.80. The van der Waals surface area contributed by atoms with Crippen LogP contribution in [0.4, 0.5) is 11.4 Å². The maximum atomic E-state index is 12.5. The normalized spacial score (nSPS) is 11.2. The van der Waals surface area contributed by atoms with E-state index in [9.17, 15) is 9.59 Å². The first-order valence-corrected chi connectivity index (χ1v) is 9.40. The van der Waals surface area contributed by atoms with Crippen molar-refractivity contribution >= 4 is 11.4 Å². The minimum atomic E-state index is -0.476. The number of aromatic amines is 4. The fourth-order valence-corrected chi connectivity index (χ4v) is 3.77. The molecule has 0 fully saturated rings. The molecule has 0 aliphatic heterocycles. The van der Waals surface area contributed by atoms with Gasteiger partial charge in [-0.3, -0.25) is 19.8 Å². The van der Waals surface area contributed by atoms with Crippen LogP contribution in [-0.2, 0) is 0 Å². The van der Waals surface area contributed by atoms with E-state index in [1.165, 1.54) is 0 Å². The number of nitrogens with zero attached hydrogens (tertiary/aromatic N) is 1. The summed E-state index contributed by atoms with van der Waals surface area (Å²) in [4.78, 5) is 27.1. The lowest BCUT2D eigenvalue weighted by molar-refractivity contribution is 0.931. The van der Waals surface area contributed by atoms with Crippen LogP contribution in [-0.4, -0.2) is 27.4 Å². The summed E-state index contributed by atoms with van der Waals surface area (Å²) >= 11 is 0. The highest BCUT2D eigenvalue weighted by atomic mass is 16.1. The number of aryl methyl sites for hydroxylation is 2. The first kappa shape index (κ1) is 18.6. The molecule has 7 nitrogen and oxygen atoms in total. The summed E-state index contributed by atoms with van der Waals surface area (Å²) in [6, 6.07) is 18.0. The maximum absolute atomic E-state index is 12.5. The Morgan fingerprint density at radius 3 is 1.62 bits per heavy atom. The molecule has 0 atom stereocenters. The van der Waals surface area contributed by atoms with Crippen molar-refractivity contribution in [3.05, 3.63) is 103 Å². The summed E-state index contributed by atoms with van der Waals surface area (Å²) in [5, 5.41) is 11.0. The predicted octanol–water partition coefficient (Wildman–Crippen LogP) is 3.28. The van der Waals surface area contributed by atoms with E-state index in [1.54, 1.807) is 0 Å². The molecule has 0 bridgehead atoms. The lowest BCUT2D eigenvalue weighted by Gasteiger charge is -2.21. The van der Waals surface area contributed by atoms with Gasteiger partial charge in [0.15, 0.2) is 0 Å². The van der Waals surface area contributed by atoms with Gasteiger partial charge in [0.1, 0.15) is 0 Å². The number of anilines is 2. The number of nitrogens with one attached hydrogen (secondary N) is 4. The van der Waals surface area contributed by atoms with Crippen molar-refractivity contribution in [3.8, 4) is 0 Å². The molecular formula is C22H23N5O2. The second-order valence-corrected chi connectivity index (χ2v) is 7.15. The fourth-order valence-electron chi connectivity index (χ4n) is 3.77. The zero-order valence-electron chi connectivity index (χ0n) is 16.5. The molecule has 0 aliphatic carbocycles. The molecule has 0 unspecified atom stereocenters. The highest BCUT2D eigenvalue weighted by molar-refractivity contribution is 5.63. The van der Waals surface area contributed by atoms with Gasteiger partial charge in [0, 0.05) is 35.7 Å². The number of hydrogen-bond acceptors (Lipinski definition) is 3. The molecule has 4 N–H and O–H groups in total. The molecule has 0 amide bonds. The van der Waals surface area contributed by atoms with Crippen LogP contribution in [0.3, 0.4) is 0 Å². The van der Waals surface area contributed by atoms with Crippen LogP contribution >= 0.6 is 0 Å². The van der Waals surface area contributed by atoms with E-state index in [1.807, 2.05) is 75.5 Å². The van der Waals surface area contributed by atoms with Crippen molar-refractivity contribution < 1.29 is 0 Å². The van der Waals surface area contributed by atoms with Gasteiger partial charge in [0.2, 0.25) is 0 Å². The van der Waals surface area contributed by atoms with E-state index in [0.717, 1.165) is 16.9 Å². The van der Waals surface area contributed by atoms with Gasteiger partial charge in [-0.25, -0.2) is 0 Å². The molecule has 4 aromatic rings. The molecule has 0 saturated carbocycles. The van der Waals surface area contributed by atoms with Crippen LogP contribution in [0.5, 0.6) is 0 Å². The predicted molar refractivity (Wildman–Crippen MR) is 114 cm³/mol. The molecule has 29 heavy (non-hydrogen) atoms. The van der Waals surface area contributed by atoms with Crippen LogP contribution in [0.1, 0.15) is 34.0 Å². The fraction of sp³-hybridized carbons (Fsp3) is 0.182. The Labute approximate surface area is 167 Å². The quantitative estimate of drug-likeness (QED) is 0.421. The number of H-pyrrole nitrogens is 4. The van der Waals surface area contributed by atoms with Crippen molar-refractivity contribution in [3.63, 3.8) is 0 Å². The Bertz CT molecular complexity index is 1170. The number of para-hydroxylation sites is 1. The third-order valence-electron chi connectivity index (χ3n) is 5.36. The SMILES string of the molecule is Cc1[nH][nH]c(=O)c1C(c1ccc(N(C)c2ccccc2)cc1)c1c(C)[nH][nH]c1=O. The molecule has 0 saturated heterocycles. The first-order valence-electron chi connectivity index (χ1n) is 9.40. The van der Waals surface area contributed by atoms with Crippen LogP contribution in [0, 0.1) is 13.8 Å². The van der Waals surface area contributed by atoms with Gasteiger partial charge in [-0.05, 0) is 43.7 Å². The molecule has 4 rings (SSSR count). The molecule has 2 aromatic heterocycles. The van der Waals surface area contributed by atoms with E-state index in [0.29, 0.717) is 22.5 Å². The van der Waals surface area contributed by atoms with Gasteiger partial charge in [-0.1, -0.05) is 30.3 Å². The second kappa shape index (κ2) is 7.35. The monoisotopic (exact) mass is 389 g/mol. The highest BCUT2D eigenvalue weighted by Gasteiger charge is 2.28. The summed E-state index contributed by atoms with van der Waals surface area (Å²) in [5.74, 6) is -0.476. The van der Waals surface area contributed by atoms with Gasteiger partial charge in [-0.15, -0.1) is 0 Å². The third kappa shape index (κ3) is 3.31. The summed E-state index contributed by atoms with van der Waals surface area (Å²) < 4.78 is 0. The minimum absolute atomic E-state index is 0.224. The topological polar surface area (TPSA) is 101 Å². The van der Waals surface area contributed by atoms with Crippen molar-refractivity contribution in [1.82, 2.24) is 20.4 Å². The number of hydrogen-bond donors (Lipinski definition) is 4. The molecule has 0 radical (unpaired) electrons. The standard InChI is InChI=1S/C22H23N5O2/c1-13-18(21(28)25-23-13)20(19-14(2)24-26-22(19)29)15-9-11-17(12-10-15)27(3)16-7-5-4-6-8-16/h4-12,20H,1-3H3,(H2,23,25,28)(H2,24,26,29). The Morgan fingerprint density at radius 1 is 0.690 bits per heavy atom. The van der Waals surface area contributed by atoms with E-state index in [2.05, 4.69) is 25.3 Å². The van der Waals surface area contributed by atoms with Gasteiger partial charge in [-0.2, -0.15) is 0 Å². The molecule has 2 heterocycles. The Hall–Kier alpha value is -3.74. The Morgan fingerprint density at radius 2 is 1.17 bits per heavy atom. The van der Waals surface area contributed by atoms with E-state index in [4.69, 9.17) is 0 Å². The number of benzene rings is 2. The zero-order valence-corrected chi connectivity index (χ0v) is 16.5. The average molecular weight is 389 g/mol. The summed E-state index contributed by atoms with van der Waals surface area (Å²) in [6.45, 7) is 3.65. The Kier molecular flexibility index (Phi) is 4.72. The van der Waals surface area contributed by atoms with Crippen LogP contribution in [0.25, 0.3) is 0 Å². The maximum Gasteiger partial charge on any atom is 0.268 e. The van der Waals surface area contributed by atoms with Crippen LogP contribution in [0.15, 0.2) is 64.2 Å². The highest BCUT2D eigenvalue weighted by Crippen LogP contribution is 2.33. The van der Waals surface area contributed by atoms with Crippen LogP contribution in [0.2, 0.25) is 0 Å². The molecular weight excluding hydrogens is 366 g/mol. The zero-order chi connectivity index (χ0) is 20.5. The van der Waals surface area contributed by atoms with Gasteiger partial charge >= 0.3 is 0 Å².